The van der Waals surface area contributed by atoms with E-state index in [9.17, 15) is 15.0 Å². The maximum absolute atomic E-state index is 14.0. The van der Waals surface area contributed by atoms with Crippen molar-refractivity contribution in [3.8, 4) is 0 Å². The van der Waals surface area contributed by atoms with Crippen LogP contribution in [-0.2, 0) is 47.4 Å². The highest BCUT2D eigenvalue weighted by Gasteiger charge is 2.68. The van der Waals surface area contributed by atoms with Gasteiger partial charge in [-0.3, -0.25) is 4.79 Å². The zero-order chi connectivity index (χ0) is 35.9. The molecule has 1 spiro atoms. The van der Waals surface area contributed by atoms with Crippen LogP contribution in [0.2, 0.25) is 0 Å². The first-order valence-electron chi connectivity index (χ1n) is 20.1. The van der Waals surface area contributed by atoms with Crippen molar-refractivity contribution < 1.29 is 57.6 Å². The summed E-state index contributed by atoms with van der Waals surface area (Å²) in [6.07, 6.45) is 4.01. The summed E-state index contributed by atoms with van der Waals surface area (Å²) < 4.78 is 59.8. The second-order valence-corrected chi connectivity index (χ2v) is 17.4. The molecule has 10 aliphatic rings. The van der Waals surface area contributed by atoms with Gasteiger partial charge >= 0.3 is 0 Å². The van der Waals surface area contributed by atoms with Crippen molar-refractivity contribution in [1.29, 1.82) is 0 Å². The van der Waals surface area contributed by atoms with E-state index in [1.807, 2.05) is 0 Å². The van der Waals surface area contributed by atoms with Crippen LogP contribution in [0.1, 0.15) is 90.4 Å². The maximum atomic E-state index is 14.0. The molecule has 2 unspecified atom stereocenters. The van der Waals surface area contributed by atoms with Crippen LogP contribution >= 0.6 is 0 Å². The number of ketones is 1. The second-order valence-electron chi connectivity index (χ2n) is 17.4. The van der Waals surface area contributed by atoms with E-state index < -0.39 is 24.1 Å². The molecule has 12 nitrogen and oxygen atoms in total. The lowest BCUT2D eigenvalue weighted by Gasteiger charge is -2.47. The fraction of sp³-hybridized carbons (Fsp3) is 0.875. The van der Waals surface area contributed by atoms with Crippen molar-refractivity contribution in [1.82, 2.24) is 0 Å². The largest absolute Gasteiger partial charge is 0.394 e. The molecule has 10 heterocycles. The molecule has 12 heteroatoms. The zero-order valence-corrected chi connectivity index (χ0v) is 30.7. The normalized spacial score (nSPS) is 52.4. The summed E-state index contributed by atoms with van der Waals surface area (Å²) in [5.41, 5.74) is 2.17. The van der Waals surface area contributed by atoms with E-state index in [4.69, 9.17) is 42.6 Å². The Morgan fingerprint density at radius 2 is 1.54 bits per heavy atom. The first-order chi connectivity index (χ1) is 25.1. The van der Waals surface area contributed by atoms with E-state index in [0.717, 1.165) is 49.7 Å². The van der Waals surface area contributed by atoms with Gasteiger partial charge in [-0.15, -0.1) is 0 Å². The molecule has 0 aromatic rings. The lowest BCUT2D eigenvalue weighted by Crippen LogP contribution is -2.61. The van der Waals surface area contributed by atoms with E-state index >= 15 is 0 Å². The Hall–Kier alpha value is -1.29. The Bertz CT molecular complexity index is 1370. The summed E-state index contributed by atoms with van der Waals surface area (Å²) in [6.45, 7) is 10.7. The number of ether oxygens (including phenoxy) is 9. The zero-order valence-electron chi connectivity index (χ0n) is 30.7. The quantitative estimate of drug-likeness (QED) is 0.410. The first kappa shape index (κ1) is 36.4. The highest BCUT2D eigenvalue weighted by Crippen LogP contribution is 2.54. The summed E-state index contributed by atoms with van der Waals surface area (Å²) in [5, 5.41) is 20.1. The van der Waals surface area contributed by atoms with Gasteiger partial charge in [0.05, 0.1) is 73.8 Å². The van der Waals surface area contributed by atoms with Crippen molar-refractivity contribution in [2.24, 2.45) is 11.8 Å². The number of rotatable bonds is 4. The predicted molar refractivity (Wildman–Crippen MR) is 184 cm³/mol. The molecule has 290 valence electrons. The van der Waals surface area contributed by atoms with E-state index in [0.29, 0.717) is 25.7 Å². The van der Waals surface area contributed by atoms with Gasteiger partial charge in [-0.1, -0.05) is 20.1 Å². The van der Waals surface area contributed by atoms with Crippen molar-refractivity contribution in [2.75, 3.05) is 13.7 Å². The number of aliphatic hydroxyl groups is 2. The maximum Gasteiger partial charge on any atom is 0.172 e. The third-order valence-corrected chi connectivity index (χ3v) is 13.9. The first-order valence-corrected chi connectivity index (χ1v) is 20.1. The predicted octanol–water partition coefficient (Wildman–Crippen LogP) is 3.47. The van der Waals surface area contributed by atoms with Gasteiger partial charge in [-0.25, -0.2) is 0 Å². The van der Waals surface area contributed by atoms with Crippen LogP contribution < -0.4 is 0 Å². The summed E-state index contributed by atoms with van der Waals surface area (Å²) in [5.74, 6) is -0.709. The molecular formula is C40H58O12. The Labute approximate surface area is 306 Å². The lowest BCUT2D eigenvalue weighted by molar-refractivity contribution is -0.292. The molecule has 19 atom stereocenters. The summed E-state index contributed by atoms with van der Waals surface area (Å²) in [7, 11) is 1.63. The molecule has 10 fully saturated rings. The van der Waals surface area contributed by atoms with Crippen molar-refractivity contribution in [3.63, 3.8) is 0 Å². The highest BCUT2D eigenvalue weighted by molar-refractivity contribution is 5.79. The summed E-state index contributed by atoms with van der Waals surface area (Å²) in [6, 6.07) is 0. The van der Waals surface area contributed by atoms with Gasteiger partial charge in [0.1, 0.15) is 36.3 Å². The van der Waals surface area contributed by atoms with E-state index in [2.05, 4.69) is 20.1 Å². The molecular weight excluding hydrogens is 672 g/mol. The van der Waals surface area contributed by atoms with Crippen molar-refractivity contribution in [3.05, 3.63) is 24.3 Å². The Balaban J connectivity index is 0.994. The van der Waals surface area contributed by atoms with Gasteiger partial charge < -0.3 is 52.8 Å². The number of hydrogen-bond donors (Lipinski definition) is 2. The topological polar surface area (TPSA) is 141 Å². The average Bonchev–Trinajstić information content (AvgIpc) is 3.79. The van der Waals surface area contributed by atoms with E-state index in [1.165, 1.54) is 0 Å². The van der Waals surface area contributed by atoms with Crippen LogP contribution in [0, 0.1) is 11.8 Å². The highest BCUT2D eigenvalue weighted by atomic mass is 16.8. The van der Waals surface area contributed by atoms with Crippen LogP contribution in [0.3, 0.4) is 0 Å². The Kier molecular flexibility index (Phi) is 10.0. The molecule has 0 radical (unpaired) electrons. The molecule has 2 N–H and O–H groups in total. The minimum atomic E-state index is -0.951. The summed E-state index contributed by atoms with van der Waals surface area (Å²) in [4.78, 5) is 14.0. The van der Waals surface area contributed by atoms with Crippen LogP contribution in [0.25, 0.3) is 0 Å². The number of methoxy groups -OCH3 is 1. The minimum absolute atomic E-state index is 0.0260. The molecule has 0 saturated carbocycles. The molecule has 10 rings (SSSR count). The third kappa shape index (κ3) is 6.59. The number of fused-ring (bicyclic) bond motifs is 6. The lowest BCUT2D eigenvalue weighted by atomic mass is 9.81. The Morgan fingerprint density at radius 1 is 0.788 bits per heavy atom. The van der Waals surface area contributed by atoms with Crippen LogP contribution in [0.5, 0.6) is 0 Å². The van der Waals surface area contributed by atoms with Gasteiger partial charge in [-0.05, 0) is 62.0 Å². The SMILES string of the molecule is C=C1C[C@@H]2CC[C@@]34C[C@H]5O[C@H]6[C@@H](O3)[C@H]3O[C@H](CC[C@@H]3O[C@H]6[C@H]5O4)CC(=O)C[C@@H]3[C@@H](OC)[C@@H](C[C@H](O)CO)O[C@H]3C[C@H]3OC(CCC1O2)C[C@@H](C)C3=C. The average molecular weight is 731 g/mol. The molecule has 12 bridgehead atoms. The number of aliphatic hydroxyl groups excluding tert-OH is 2. The van der Waals surface area contributed by atoms with E-state index in [-0.39, 0.29) is 123 Å². The molecule has 0 aromatic carbocycles. The van der Waals surface area contributed by atoms with Gasteiger partial charge in [0.25, 0.3) is 0 Å². The fourth-order valence-corrected chi connectivity index (χ4v) is 11.3. The van der Waals surface area contributed by atoms with Crippen LogP contribution in [0.15, 0.2) is 24.3 Å². The number of carbonyl (C=O) groups is 1. The van der Waals surface area contributed by atoms with Gasteiger partial charge in [-0.2, -0.15) is 0 Å². The number of Topliss-reactive ketones (excluding diaryl/α,β-unsaturated/α-hetero) is 1. The molecule has 0 aromatic heterocycles. The van der Waals surface area contributed by atoms with Crippen molar-refractivity contribution >= 4 is 5.78 Å². The van der Waals surface area contributed by atoms with Crippen LogP contribution in [-0.4, -0.2) is 133 Å². The van der Waals surface area contributed by atoms with Gasteiger partial charge in [0.15, 0.2) is 5.79 Å². The molecule has 10 saturated heterocycles. The standard InChI is InChI=1S/C40H58O12/c1-19-11-24-5-7-28-20(2)12-26(45-28)9-10-40-17-33-36(51-40)37-38(50-33)39(52-40)35-29(49-37)8-6-25(47-35)13-22(42)14-27-31(16-30(46-24)21(19)3)48-32(34(27)44-4)15-23(43)18-41/h19,23-39,41,43H,2-3,5-18H2,1,4H3/t19-,23+,24?,25-,26+,27+,28?,29+,30-,31+,32-,33-,34-,35+,36+,37+,38-,39+,40+/m1/s1. The van der Waals surface area contributed by atoms with Gasteiger partial charge in [0.2, 0.25) is 0 Å². The molecule has 52 heavy (non-hydrogen) atoms. The van der Waals surface area contributed by atoms with Gasteiger partial charge in [0, 0.05) is 51.6 Å². The monoisotopic (exact) mass is 730 g/mol. The third-order valence-electron chi connectivity index (χ3n) is 13.9. The molecule has 0 aliphatic carbocycles. The minimum Gasteiger partial charge on any atom is -0.394 e. The van der Waals surface area contributed by atoms with Crippen molar-refractivity contribution in [2.45, 2.75) is 194 Å². The van der Waals surface area contributed by atoms with Crippen LogP contribution in [0.4, 0.5) is 0 Å². The molecule has 0 amide bonds. The molecule has 10 aliphatic heterocycles. The van der Waals surface area contributed by atoms with E-state index in [1.54, 1.807) is 7.11 Å². The number of hydrogen-bond acceptors (Lipinski definition) is 12. The number of carbonyl (C=O) groups excluding carboxylic acids is 1. The smallest absolute Gasteiger partial charge is 0.172 e. The Morgan fingerprint density at radius 3 is 2.37 bits per heavy atom. The second kappa shape index (κ2) is 14.3. The fourth-order valence-electron chi connectivity index (χ4n) is 11.3. The summed E-state index contributed by atoms with van der Waals surface area (Å²) >= 11 is 0.